The Morgan fingerprint density at radius 2 is 0.397 bits per heavy atom. The van der Waals surface area contributed by atoms with Gasteiger partial charge in [-0.25, -0.2) is 0 Å². The Morgan fingerprint density at radius 1 is 0.309 bits per heavy atom. The number of rotatable bonds is 24. The molecule has 0 bridgehead atoms. The summed E-state index contributed by atoms with van der Waals surface area (Å²) in [6.07, 6.45) is 1.55. The molecule has 0 saturated carbocycles. The Morgan fingerprint density at radius 3 is 0.471 bits per heavy atom. The van der Waals surface area contributed by atoms with E-state index in [2.05, 4.69) is 41.2 Å². The van der Waals surface area contributed by atoms with Gasteiger partial charge in [0, 0.05) is 78.5 Å². The van der Waals surface area contributed by atoms with Gasteiger partial charge in [0.25, 0.3) is 0 Å². The van der Waals surface area contributed by atoms with Gasteiger partial charge >= 0.3 is 33.0 Å². The molecule has 0 amide bonds. The van der Waals surface area contributed by atoms with Crippen molar-refractivity contribution in [3.63, 3.8) is 0 Å². The minimum Gasteiger partial charge on any atom is -0.411 e. The van der Waals surface area contributed by atoms with Crippen molar-refractivity contribution < 1.29 is 95.0 Å². The summed E-state index contributed by atoms with van der Waals surface area (Å²) < 4.78 is 0. The second-order valence-electron chi connectivity index (χ2n) is 13.1. The van der Waals surface area contributed by atoms with E-state index in [0.717, 1.165) is 12.8 Å². The van der Waals surface area contributed by atoms with Gasteiger partial charge in [-0.1, -0.05) is 41.2 Å². The Kier molecular flexibility index (Phi) is 61.2. The Hall–Kier alpha value is -6.61. The van der Waals surface area contributed by atoms with Gasteiger partial charge in [-0.3, -0.25) is 19.6 Å². The molecule has 0 rings (SSSR count). The predicted molar refractivity (Wildman–Crippen MR) is 236 cm³/mol. The summed E-state index contributed by atoms with van der Waals surface area (Å²) in [6.45, 7) is 20.1. The average Bonchev–Trinajstić information content (AvgIpc) is 3.22. The van der Waals surface area contributed by atoms with E-state index in [0.29, 0.717) is 124 Å². The van der Waals surface area contributed by atoms with Crippen LogP contribution in [0.25, 0.3) is 0 Å². The molecule has 0 aromatic heterocycles. The topological polar surface area (TPSA) is 538 Å². The molecule has 0 spiro atoms. The quantitative estimate of drug-likeness (QED) is 0.0225. The summed E-state index contributed by atoms with van der Waals surface area (Å²) in [5.74, 6) is 0. The van der Waals surface area contributed by atoms with Crippen molar-refractivity contribution >= 4 is 45.7 Å². The summed E-state index contributed by atoms with van der Waals surface area (Å²) >= 11 is 0. The number of hydrogen-bond acceptors (Lipinski definition) is 32. The van der Waals surface area contributed by atoms with Gasteiger partial charge in [0.1, 0.15) is 0 Å². The third kappa shape index (κ3) is 71.0. The van der Waals surface area contributed by atoms with Crippen LogP contribution in [-0.2, 0) is 33.0 Å². The van der Waals surface area contributed by atoms with Crippen LogP contribution >= 0.6 is 0 Å². The summed E-state index contributed by atoms with van der Waals surface area (Å²) in [5, 5.41) is 155. The maximum Gasteiger partial charge on any atom is 2.00 e. The Bertz CT molecular complexity index is 1290. The van der Waals surface area contributed by atoms with Gasteiger partial charge in [0.05, 0.1) is 66.0 Å². The molecule has 0 aliphatic heterocycles. The zero-order valence-electron chi connectivity index (χ0n) is 38.2. The molecule has 0 aromatic carbocycles. The van der Waals surface area contributed by atoms with E-state index < -0.39 is 20.3 Å². The molecule has 0 radical (unpaired) electrons. The zero-order valence-corrected chi connectivity index (χ0v) is 40.1. The van der Waals surface area contributed by atoms with E-state index >= 15 is 0 Å². The molecule has 0 aliphatic carbocycles. The number of oxime groups is 8. The molecule has 400 valence electrons. The average molecular weight is 1080 g/mol. The van der Waals surface area contributed by atoms with E-state index in [1.54, 1.807) is 55.4 Å². The van der Waals surface area contributed by atoms with Gasteiger partial charge in [0.15, 0.2) is 0 Å². The second kappa shape index (κ2) is 53.0. The largest absolute Gasteiger partial charge is 2.00 e. The van der Waals surface area contributed by atoms with Crippen LogP contribution < -0.4 is 0 Å². The van der Waals surface area contributed by atoms with Crippen molar-refractivity contribution in [3.8, 4) is 0 Å². The van der Waals surface area contributed by atoms with Gasteiger partial charge in [-0.05, 0) is 68.2 Å². The molecular weight excluding hydrogens is 1020 g/mol. The molecule has 0 aliphatic rings. The van der Waals surface area contributed by atoms with E-state index in [1.807, 2.05) is 19.6 Å². The van der Waals surface area contributed by atoms with Crippen LogP contribution in [0, 0.1) is 61.3 Å². The predicted octanol–water partition coefficient (Wildman–Crippen LogP) is 1.80. The summed E-state index contributed by atoms with van der Waals surface area (Å²) in [7, 11) is 0. The molecule has 38 heteroatoms. The first-order valence-corrected chi connectivity index (χ1v) is 18.2. The monoisotopic (exact) mass is 1080 g/mol. The van der Waals surface area contributed by atoms with Crippen molar-refractivity contribution in [1.29, 1.82) is 0 Å². The Labute approximate surface area is 408 Å². The molecule has 68 heavy (non-hydrogen) atoms. The van der Waals surface area contributed by atoms with Crippen LogP contribution in [0.15, 0.2) is 41.2 Å². The molecular formula is C30H60N16Ni2O20. The van der Waals surface area contributed by atoms with Crippen molar-refractivity contribution in [2.24, 2.45) is 41.2 Å². The van der Waals surface area contributed by atoms with E-state index in [9.17, 15) is 0 Å². The van der Waals surface area contributed by atoms with Crippen LogP contribution in [0.1, 0.15) is 68.2 Å². The summed E-state index contributed by atoms with van der Waals surface area (Å²) in [4.78, 5) is 41.0. The van der Waals surface area contributed by atoms with Gasteiger partial charge in [0.2, 0.25) is 0 Å². The van der Waals surface area contributed by atoms with Crippen molar-refractivity contribution in [2.75, 3.05) is 78.5 Å². The van der Waals surface area contributed by atoms with Crippen molar-refractivity contribution in [3.05, 3.63) is 61.3 Å². The SMILES string of the molecule is C/C(CN(CCCN(C/C(C)=N/O)C/C(C)=N/O)C/C(C)=N/O)=N\O.C/C(CN(CCCN(C/C(C)=N/O)C/C(C)=N/O)C/C(C)=N/O)=N\O.O=[N+]([O-])[O-].O=[N+]([O-])[O-].O=[N+]([O-])[O-].O=[N+]([O-])[O-].[Ni+2].[Ni+2]. The Balaban J connectivity index is -0.000000130. The molecule has 0 fully saturated rings. The molecule has 0 saturated heterocycles. The fourth-order valence-corrected chi connectivity index (χ4v) is 4.73. The first-order valence-electron chi connectivity index (χ1n) is 18.2. The maximum atomic E-state index is 8.84. The van der Waals surface area contributed by atoms with Crippen molar-refractivity contribution in [2.45, 2.75) is 68.2 Å². The fraction of sp³-hybridized carbons (Fsp3) is 0.733. The molecule has 0 heterocycles. The van der Waals surface area contributed by atoms with Crippen LogP contribution in [0.4, 0.5) is 0 Å². The molecule has 8 N–H and O–H groups in total. The maximum absolute atomic E-state index is 8.84. The van der Waals surface area contributed by atoms with E-state index in [-0.39, 0.29) is 33.0 Å². The molecule has 0 aromatic rings. The van der Waals surface area contributed by atoms with Crippen LogP contribution in [-0.4, -0.2) is 206 Å². The van der Waals surface area contributed by atoms with E-state index in [1.165, 1.54) is 0 Å². The molecule has 0 atom stereocenters. The van der Waals surface area contributed by atoms with Crippen LogP contribution in [0.3, 0.4) is 0 Å². The van der Waals surface area contributed by atoms with Gasteiger partial charge in [-0.15, -0.1) is 0 Å². The second-order valence-corrected chi connectivity index (χ2v) is 13.1. The molecule has 36 nitrogen and oxygen atoms in total. The first-order chi connectivity index (χ1) is 30.6. The summed E-state index contributed by atoms with van der Waals surface area (Å²) in [5.41, 5.74) is 4.51. The van der Waals surface area contributed by atoms with Crippen molar-refractivity contribution in [1.82, 2.24) is 19.6 Å². The van der Waals surface area contributed by atoms with Crippen LogP contribution in [0.2, 0.25) is 0 Å². The third-order valence-electron chi connectivity index (χ3n) is 6.88. The minimum atomic E-state index is -1.75. The fourth-order valence-electron chi connectivity index (χ4n) is 4.73. The summed E-state index contributed by atoms with van der Waals surface area (Å²) in [6, 6.07) is 0. The zero-order chi connectivity index (χ0) is 52.8. The first kappa shape index (κ1) is 78.5. The van der Waals surface area contributed by atoms with Crippen LogP contribution in [0.5, 0.6) is 0 Å². The van der Waals surface area contributed by atoms with Gasteiger partial charge in [-0.2, -0.15) is 0 Å². The normalized spacial score (nSPS) is 12.2. The van der Waals surface area contributed by atoms with Gasteiger partial charge < -0.3 is 103 Å². The smallest absolute Gasteiger partial charge is 0.411 e. The minimum absolute atomic E-state index is 0. The number of nitrogens with zero attached hydrogens (tertiary/aromatic N) is 16. The standard InChI is InChI=1S/2C15H30N6O4.4NO3.2Ni/c2*1-12(16-22)8-20(9-13(2)17-23)6-5-7-21(10-14(3)18-24)11-15(4)19-25;4*2-1(3)4;;/h2*22-25H,5-11H2,1-4H3;;;;;;/q;;4*-1;2*+2/b2*16-12+,17-13+,18-14+,19-15+;;;;;;. The molecule has 0 unspecified atom stereocenters. The number of hydrogen-bond donors (Lipinski definition) is 8. The third-order valence-corrected chi connectivity index (χ3v) is 6.88. The van der Waals surface area contributed by atoms with E-state index in [4.69, 9.17) is 103 Å².